The van der Waals surface area contributed by atoms with Gasteiger partial charge in [0.15, 0.2) is 35.8 Å². The van der Waals surface area contributed by atoms with E-state index in [2.05, 4.69) is 30.3 Å². The first-order valence-electron chi connectivity index (χ1n) is 13.4. The Kier molecular flexibility index (Phi) is 7.37. The van der Waals surface area contributed by atoms with E-state index in [1.807, 2.05) is 0 Å². The summed E-state index contributed by atoms with van der Waals surface area (Å²) in [5.41, 5.74) is 6.22. The van der Waals surface area contributed by atoms with Gasteiger partial charge in [0.25, 0.3) is 5.91 Å². The van der Waals surface area contributed by atoms with Gasteiger partial charge in [-0.1, -0.05) is 0 Å². The third-order valence-corrected chi connectivity index (χ3v) is 9.73. The molecule has 24 heteroatoms. The van der Waals surface area contributed by atoms with Gasteiger partial charge in [0.1, 0.15) is 36.3 Å². The number of guanidine groups is 1. The number of aromatic nitrogens is 4. The van der Waals surface area contributed by atoms with Gasteiger partial charge >= 0.3 is 15.6 Å². The first kappa shape index (κ1) is 30.4. The zero-order valence-corrected chi connectivity index (χ0v) is 24.7. The molecule has 0 saturated carbocycles. The quantitative estimate of drug-likeness (QED) is 0.195. The number of phosphoric ester groups is 2. The molecule has 0 aromatic carbocycles. The van der Waals surface area contributed by atoms with Gasteiger partial charge in [-0.05, 0) is 6.92 Å². The van der Waals surface area contributed by atoms with E-state index in [-0.39, 0.29) is 29.2 Å². The van der Waals surface area contributed by atoms with Crippen LogP contribution < -0.4 is 11.1 Å². The zero-order valence-electron chi connectivity index (χ0n) is 23.0. The third kappa shape index (κ3) is 5.47. The SMILES string of the molecule is C[C@@H]1OP(=O)(O)O[C@@H]2C[C@@H](COP(=O)(O)O[C@H]3[C@@H](O)[C@H](n4cnc5c(N)ncnc54)O[C@H]31)O[C@H]2N1C=NC2C(=O)NC(=N)N=C21. The van der Waals surface area contributed by atoms with Crippen LogP contribution in [0.25, 0.3) is 11.2 Å². The molecule has 11 atom stereocenters. The number of aliphatic imine (C=N–C) groups is 2. The van der Waals surface area contributed by atoms with Crippen molar-refractivity contribution >= 4 is 56.7 Å². The highest BCUT2D eigenvalue weighted by atomic mass is 31.2. The van der Waals surface area contributed by atoms with Gasteiger partial charge in [-0.25, -0.2) is 24.1 Å². The van der Waals surface area contributed by atoms with Crippen molar-refractivity contribution in [1.82, 2.24) is 29.7 Å². The molecule has 7 heterocycles. The fraction of sp³-hybridized carbons (Fsp3) is 0.571. The summed E-state index contributed by atoms with van der Waals surface area (Å²) in [6, 6.07) is -1.10. The Morgan fingerprint density at radius 1 is 1.09 bits per heavy atom. The molecule has 0 aliphatic carbocycles. The summed E-state index contributed by atoms with van der Waals surface area (Å²) in [4.78, 5) is 55.2. The maximum absolute atomic E-state index is 13.4. The van der Waals surface area contributed by atoms with Crippen LogP contribution in [0.15, 0.2) is 22.6 Å². The molecular formula is C21H26N10O12P2. The second-order valence-electron chi connectivity index (χ2n) is 10.6. The maximum Gasteiger partial charge on any atom is 0.472 e. The highest BCUT2D eigenvalue weighted by Crippen LogP contribution is 2.54. The van der Waals surface area contributed by atoms with Gasteiger partial charge in [-0.3, -0.25) is 48.1 Å². The maximum atomic E-state index is 13.4. The largest absolute Gasteiger partial charge is 0.472 e. The van der Waals surface area contributed by atoms with Crippen LogP contribution in [-0.4, -0.2) is 119 Å². The predicted octanol–water partition coefficient (Wildman–Crippen LogP) is -1.64. The number of nitrogens with two attached hydrogens (primary N) is 1. The average Bonchev–Trinajstić information content (AvgIpc) is 3.72. The van der Waals surface area contributed by atoms with Crippen LogP contribution in [0.2, 0.25) is 0 Å². The number of phosphoric acid groups is 2. The van der Waals surface area contributed by atoms with E-state index in [1.54, 1.807) is 0 Å². The molecule has 5 aliphatic rings. The van der Waals surface area contributed by atoms with Crippen LogP contribution in [-0.2, 0) is 41.5 Å². The van der Waals surface area contributed by atoms with E-state index in [0.717, 1.165) is 0 Å². The fourth-order valence-electron chi connectivity index (χ4n) is 5.69. The number of hydrogen-bond donors (Lipinski definition) is 6. The number of aliphatic hydroxyl groups excluding tert-OH is 1. The van der Waals surface area contributed by atoms with Crippen LogP contribution >= 0.6 is 15.6 Å². The number of carbonyl (C=O) groups excluding carboxylic acids is 1. The van der Waals surface area contributed by atoms with Crippen LogP contribution in [0.5, 0.6) is 0 Å². The number of hydrogen-bond acceptors (Lipinski definition) is 17. The lowest BCUT2D eigenvalue weighted by Crippen LogP contribution is -2.52. The van der Waals surface area contributed by atoms with Crippen molar-refractivity contribution in [2.45, 2.75) is 68.5 Å². The van der Waals surface area contributed by atoms with Gasteiger partial charge in [-0.15, -0.1) is 0 Å². The lowest BCUT2D eigenvalue weighted by molar-refractivity contribution is -0.119. The zero-order chi connectivity index (χ0) is 31.8. The number of carbonyl (C=O) groups is 1. The van der Waals surface area contributed by atoms with E-state index in [0.29, 0.717) is 0 Å². The molecule has 3 saturated heterocycles. The molecule has 2 aromatic rings. The number of imidazole rings is 1. The number of nitrogens with zero attached hydrogens (tertiary/aromatic N) is 7. The number of rotatable bonds is 2. The van der Waals surface area contributed by atoms with E-state index in [4.69, 9.17) is 38.7 Å². The van der Waals surface area contributed by atoms with Gasteiger partial charge in [0, 0.05) is 6.42 Å². The highest BCUT2D eigenvalue weighted by Gasteiger charge is 2.55. The standard InChI is InChI=1S/C21H26N10O12P2/c1-7-13-14(12(32)20(40-13)30-5-26-10-15(22)24-4-25-16(10)30)43-44(34,35)38-3-8-2-9(42-45(36,37)41-7)19(39-8)31-6-27-11-17(31)28-21(23)29-18(11)33/h4-9,11-14,19-20,32H,2-3H2,1H3,(H,34,35)(H,36,37)(H2,22,24,25)(H2,23,29,33)/t7-,8-,9+,11?,12+,13-,14-,19+,20+/m0/s1. The number of anilines is 1. The van der Waals surface area contributed by atoms with Crippen LogP contribution in [0, 0.1) is 5.41 Å². The van der Waals surface area contributed by atoms with Gasteiger partial charge < -0.3 is 30.1 Å². The molecule has 0 spiro atoms. The number of amidine groups is 1. The molecule has 2 aromatic heterocycles. The Bertz CT molecular complexity index is 1720. The minimum absolute atomic E-state index is 0.00420. The molecule has 7 rings (SSSR count). The lowest BCUT2D eigenvalue weighted by atomic mass is 10.1. The van der Waals surface area contributed by atoms with Crippen LogP contribution in [0.4, 0.5) is 5.82 Å². The number of fused-ring (bicyclic) bond motifs is 5. The van der Waals surface area contributed by atoms with Crippen molar-refractivity contribution in [2.75, 3.05) is 12.3 Å². The number of nitrogen functional groups attached to an aromatic ring is 1. The smallest absolute Gasteiger partial charge is 0.386 e. The third-order valence-electron chi connectivity index (χ3n) is 7.60. The molecule has 22 nitrogen and oxygen atoms in total. The Hall–Kier alpha value is -3.27. The number of nitrogens with one attached hydrogen (secondary N) is 2. The minimum Gasteiger partial charge on any atom is -0.386 e. The Morgan fingerprint density at radius 2 is 1.89 bits per heavy atom. The molecule has 3 fully saturated rings. The monoisotopic (exact) mass is 672 g/mol. The summed E-state index contributed by atoms with van der Waals surface area (Å²) in [6.45, 7) is 0.745. The number of amides is 1. The lowest BCUT2D eigenvalue weighted by Gasteiger charge is -2.32. The molecular weight excluding hydrogens is 646 g/mol. The number of ether oxygens (including phenoxy) is 2. The second kappa shape index (κ2) is 10.9. The molecule has 3 unspecified atom stereocenters. The van der Waals surface area contributed by atoms with E-state index in [9.17, 15) is 28.8 Å². The highest BCUT2D eigenvalue weighted by molar-refractivity contribution is 7.47. The normalized spacial score (nSPS) is 42.0. The first-order chi connectivity index (χ1) is 21.3. The first-order valence-corrected chi connectivity index (χ1v) is 16.4. The molecule has 5 aliphatic heterocycles. The molecule has 2 bridgehead atoms. The molecule has 0 radical (unpaired) electrons. The van der Waals surface area contributed by atoms with Gasteiger partial charge in [0.2, 0.25) is 5.96 Å². The van der Waals surface area contributed by atoms with Gasteiger partial charge in [0.05, 0.1) is 31.5 Å². The fourth-order valence-corrected chi connectivity index (χ4v) is 7.78. The summed E-state index contributed by atoms with van der Waals surface area (Å²) in [5.74, 6) is -1.01. The van der Waals surface area contributed by atoms with Crippen LogP contribution in [0.1, 0.15) is 19.6 Å². The number of aliphatic hydroxyl groups is 1. The second-order valence-corrected chi connectivity index (χ2v) is 13.4. The predicted molar refractivity (Wildman–Crippen MR) is 146 cm³/mol. The summed E-state index contributed by atoms with van der Waals surface area (Å²) in [6.07, 6.45) is -7.50. The van der Waals surface area contributed by atoms with Crippen molar-refractivity contribution in [1.29, 1.82) is 5.41 Å². The van der Waals surface area contributed by atoms with Crippen molar-refractivity contribution in [3.05, 3.63) is 12.7 Å². The Labute approximate surface area is 251 Å². The average molecular weight is 672 g/mol. The molecule has 1 amide bonds. The summed E-state index contributed by atoms with van der Waals surface area (Å²) in [7, 11) is -9.94. The molecule has 45 heavy (non-hydrogen) atoms. The van der Waals surface area contributed by atoms with Crippen molar-refractivity contribution in [2.24, 2.45) is 9.98 Å². The van der Waals surface area contributed by atoms with Crippen molar-refractivity contribution < 1.29 is 56.4 Å². The minimum atomic E-state index is -4.98. The van der Waals surface area contributed by atoms with E-state index < -0.39 is 89.2 Å². The topological polar surface area (TPSA) is 301 Å². The van der Waals surface area contributed by atoms with Crippen LogP contribution in [0.3, 0.4) is 0 Å². The summed E-state index contributed by atoms with van der Waals surface area (Å²) < 4.78 is 61.2. The summed E-state index contributed by atoms with van der Waals surface area (Å²) in [5, 5.41) is 21.2. The Morgan fingerprint density at radius 3 is 2.69 bits per heavy atom. The van der Waals surface area contributed by atoms with E-state index in [1.165, 1.54) is 35.4 Å². The van der Waals surface area contributed by atoms with Crippen molar-refractivity contribution in [3.63, 3.8) is 0 Å². The van der Waals surface area contributed by atoms with Gasteiger partial charge in [-0.2, -0.15) is 4.99 Å². The Balaban J connectivity index is 1.18. The van der Waals surface area contributed by atoms with E-state index >= 15 is 0 Å². The molecule has 242 valence electrons. The summed E-state index contributed by atoms with van der Waals surface area (Å²) >= 11 is 0. The molecule has 7 N–H and O–H groups in total. The van der Waals surface area contributed by atoms with Crippen molar-refractivity contribution in [3.8, 4) is 0 Å².